The number of nitrogens with one attached hydrogen (secondary N) is 2. The highest BCUT2D eigenvalue weighted by Gasteiger charge is 2.17. The number of rotatable bonds is 5. The van der Waals surface area contributed by atoms with Gasteiger partial charge in [-0.05, 0) is 38.6 Å². The Morgan fingerprint density at radius 2 is 2.19 bits per heavy atom. The largest absolute Gasteiger partial charge is 0.328 e. The van der Waals surface area contributed by atoms with Crippen LogP contribution >= 0.6 is 0 Å². The Balaban J connectivity index is 1.55. The molecule has 1 heterocycles. The molecule has 1 saturated carbocycles. The average molecular weight is 223 g/mol. The van der Waals surface area contributed by atoms with E-state index in [4.69, 9.17) is 5.73 Å². The van der Waals surface area contributed by atoms with Gasteiger partial charge in [0.05, 0.1) is 0 Å². The van der Waals surface area contributed by atoms with Crippen molar-refractivity contribution in [3.63, 3.8) is 0 Å². The Labute approximate surface area is 96.2 Å². The molecular formula is C11H21N5. The van der Waals surface area contributed by atoms with Crippen LogP contribution in [0.3, 0.4) is 0 Å². The zero-order valence-electron chi connectivity index (χ0n) is 9.65. The predicted octanol–water partition coefficient (Wildman–Crippen LogP) is 0.597. The van der Waals surface area contributed by atoms with Crippen molar-refractivity contribution in [1.82, 2.24) is 20.5 Å². The SMILES string of the molecule is NC1CCC(NCCCc2ncn[nH]2)CC1. The summed E-state index contributed by atoms with van der Waals surface area (Å²) in [6.07, 6.45) is 8.43. The van der Waals surface area contributed by atoms with Gasteiger partial charge in [-0.1, -0.05) is 0 Å². The van der Waals surface area contributed by atoms with Crippen LogP contribution in [-0.2, 0) is 6.42 Å². The maximum Gasteiger partial charge on any atom is 0.137 e. The van der Waals surface area contributed by atoms with Crippen molar-refractivity contribution >= 4 is 0 Å². The topological polar surface area (TPSA) is 79.6 Å². The number of aromatic nitrogens is 3. The van der Waals surface area contributed by atoms with Crippen LogP contribution in [0.25, 0.3) is 0 Å². The summed E-state index contributed by atoms with van der Waals surface area (Å²) in [5, 5.41) is 10.3. The van der Waals surface area contributed by atoms with E-state index in [9.17, 15) is 0 Å². The molecule has 0 atom stereocenters. The van der Waals surface area contributed by atoms with Crippen molar-refractivity contribution in [2.75, 3.05) is 6.54 Å². The molecule has 1 fully saturated rings. The number of nitrogens with zero attached hydrogens (tertiary/aromatic N) is 2. The van der Waals surface area contributed by atoms with E-state index in [0.29, 0.717) is 12.1 Å². The molecule has 0 spiro atoms. The van der Waals surface area contributed by atoms with E-state index in [0.717, 1.165) is 25.2 Å². The maximum absolute atomic E-state index is 5.87. The molecule has 0 radical (unpaired) electrons. The second kappa shape index (κ2) is 5.96. The Bertz CT molecular complexity index is 277. The van der Waals surface area contributed by atoms with Crippen LogP contribution in [0.2, 0.25) is 0 Å². The fourth-order valence-corrected chi connectivity index (χ4v) is 2.24. The normalized spacial score (nSPS) is 25.8. The molecule has 90 valence electrons. The summed E-state index contributed by atoms with van der Waals surface area (Å²) < 4.78 is 0. The summed E-state index contributed by atoms with van der Waals surface area (Å²) in [5.74, 6) is 0.979. The molecule has 2 rings (SSSR count). The van der Waals surface area contributed by atoms with E-state index in [1.54, 1.807) is 6.33 Å². The minimum atomic E-state index is 0.437. The first-order chi connectivity index (χ1) is 7.84. The van der Waals surface area contributed by atoms with Gasteiger partial charge in [0.15, 0.2) is 0 Å². The first kappa shape index (κ1) is 11.5. The Kier molecular flexibility index (Phi) is 4.30. The quantitative estimate of drug-likeness (QED) is 0.639. The molecule has 0 bridgehead atoms. The molecular weight excluding hydrogens is 202 g/mol. The lowest BCUT2D eigenvalue weighted by atomic mass is 9.92. The van der Waals surface area contributed by atoms with Crippen molar-refractivity contribution < 1.29 is 0 Å². The molecule has 1 aromatic rings. The second-order valence-corrected chi connectivity index (χ2v) is 4.60. The van der Waals surface area contributed by atoms with Crippen LogP contribution in [-0.4, -0.2) is 33.8 Å². The van der Waals surface area contributed by atoms with Crippen LogP contribution in [0, 0.1) is 0 Å². The monoisotopic (exact) mass is 223 g/mol. The average Bonchev–Trinajstić information content (AvgIpc) is 2.80. The van der Waals surface area contributed by atoms with Gasteiger partial charge in [0.25, 0.3) is 0 Å². The van der Waals surface area contributed by atoms with Gasteiger partial charge in [0, 0.05) is 18.5 Å². The summed E-state index contributed by atoms with van der Waals surface area (Å²) >= 11 is 0. The van der Waals surface area contributed by atoms with Crippen molar-refractivity contribution in [1.29, 1.82) is 0 Å². The number of H-pyrrole nitrogens is 1. The second-order valence-electron chi connectivity index (χ2n) is 4.60. The molecule has 16 heavy (non-hydrogen) atoms. The molecule has 1 aliphatic carbocycles. The third-order valence-electron chi connectivity index (χ3n) is 3.26. The minimum absolute atomic E-state index is 0.437. The van der Waals surface area contributed by atoms with E-state index < -0.39 is 0 Å². The summed E-state index contributed by atoms with van der Waals surface area (Å²) in [5.41, 5.74) is 5.87. The minimum Gasteiger partial charge on any atom is -0.328 e. The highest BCUT2D eigenvalue weighted by atomic mass is 15.2. The molecule has 0 aromatic carbocycles. The van der Waals surface area contributed by atoms with Gasteiger partial charge in [-0.15, -0.1) is 0 Å². The van der Waals surface area contributed by atoms with Crippen molar-refractivity contribution in [2.24, 2.45) is 5.73 Å². The van der Waals surface area contributed by atoms with Gasteiger partial charge in [0.1, 0.15) is 12.2 Å². The fourth-order valence-electron chi connectivity index (χ4n) is 2.24. The Hall–Kier alpha value is -0.940. The van der Waals surface area contributed by atoms with E-state index >= 15 is 0 Å². The van der Waals surface area contributed by atoms with Gasteiger partial charge in [0.2, 0.25) is 0 Å². The zero-order valence-corrected chi connectivity index (χ0v) is 9.65. The highest BCUT2D eigenvalue weighted by molar-refractivity contribution is 4.81. The molecule has 5 heteroatoms. The number of aromatic amines is 1. The lowest BCUT2D eigenvalue weighted by Gasteiger charge is -2.26. The molecule has 5 nitrogen and oxygen atoms in total. The Morgan fingerprint density at radius 1 is 1.38 bits per heavy atom. The molecule has 0 saturated heterocycles. The van der Waals surface area contributed by atoms with Gasteiger partial charge < -0.3 is 11.1 Å². The van der Waals surface area contributed by atoms with Gasteiger partial charge in [-0.2, -0.15) is 5.10 Å². The molecule has 1 aliphatic rings. The lowest BCUT2D eigenvalue weighted by molar-refractivity contribution is 0.342. The number of aryl methyl sites for hydroxylation is 1. The van der Waals surface area contributed by atoms with E-state index in [-0.39, 0.29) is 0 Å². The molecule has 0 unspecified atom stereocenters. The van der Waals surface area contributed by atoms with Crippen molar-refractivity contribution in [2.45, 2.75) is 50.6 Å². The standard InChI is InChI=1S/C11H21N5/c12-9-3-5-10(6-4-9)13-7-1-2-11-14-8-15-16-11/h8-10,13H,1-7,12H2,(H,14,15,16). The third-order valence-corrected chi connectivity index (χ3v) is 3.26. The maximum atomic E-state index is 5.87. The van der Waals surface area contributed by atoms with Crippen LogP contribution < -0.4 is 11.1 Å². The predicted molar refractivity (Wildman–Crippen MR) is 62.9 cm³/mol. The Morgan fingerprint density at radius 3 is 2.88 bits per heavy atom. The summed E-state index contributed by atoms with van der Waals surface area (Å²) in [6.45, 7) is 1.06. The van der Waals surface area contributed by atoms with Crippen molar-refractivity contribution in [3.8, 4) is 0 Å². The van der Waals surface area contributed by atoms with Gasteiger partial charge >= 0.3 is 0 Å². The summed E-state index contributed by atoms with van der Waals surface area (Å²) in [4.78, 5) is 4.10. The number of hydrogen-bond acceptors (Lipinski definition) is 4. The first-order valence-corrected chi connectivity index (χ1v) is 6.18. The van der Waals surface area contributed by atoms with Crippen molar-refractivity contribution in [3.05, 3.63) is 12.2 Å². The number of nitrogens with two attached hydrogens (primary N) is 1. The molecule has 1 aromatic heterocycles. The van der Waals surface area contributed by atoms with E-state index in [1.807, 2.05) is 0 Å². The smallest absolute Gasteiger partial charge is 0.137 e. The van der Waals surface area contributed by atoms with E-state index in [1.165, 1.54) is 25.7 Å². The highest BCUT2D eigenvalue weighted by Crippen LogP contribution is 2.16. The lowest BCUT2D eigenvalue weighted by Crippen LogP contribution is -2.37. The molecule has 0 aliphatic heterocycles. The molecule has 0 amide bonds. The van der Waals surface area contributed by atoms with Gasteiger partial charge in [-0.25, -0.2) is 4.98 Å². The third kappa shape index (κ3) is 3.57. The van der Waals surface area contributed by atoms with Crippen LogP contribution in [0.1, 0.15) is 37.9 Å². The summed E-state index contributed by atoms with van der Waals surface area (Å²) in [7, 11) is 0. The van der Waals surface area contributed by atoms with Gasteiger partial charge in [-0.3, -0.25) is 5.10 Å². The first-order valence-electron chi connectivity index (χ1n) is 6.18. The fraction of sp³-hybridized carbons (Fsp3) is 0.818. The summed E-state index contributed by atoms with van der Waals surface area (Å²) in [6, 6.07) is 1.11. The van der Waals surface area contributed by atoms with Crippen LogP contribution in [0.5, 0.6) is 0 Å². The molecule has 4 N–H and O–H groups in total. The van der Waals surface area contributed by atoms with Crippen LogP contribution in [0.15, 0.2) is 6.33 Å². The van der Waals surface area contributed by atoms with Crippen LogP contribution in [0.4, 0.5) is 0 Å². The zero-order chi connectivity index (χ0) is 11.2. The number of hydrogen-bond donors (Lipinski definition) is 3. The van der Waals surface area contributed by atoms with E-state index in [2.05, 4.69) is 20.5 Å².